The summed E-state index contributed by atoms with van der Waals surface area (Å²) in [6, 6.07) is 0. The highest BCUT2D eigenvalue weighted by atomic mass is 16.6. The van der Waals surface area contributed by atoms with Crippen LogP contribution in [0.25, 0.3) is 0 Å². The molecule has 0 bridgehead atoms. The van der Waals surface area contributed by atoms with Crippen LogP contribution >= 0.6 is 0 Å². The van der Waals surface area contributed by atoms with E-state index in [1.165, 1.54) is 0 Å². The Morgan fingerprint density at radius 1 is 1.11 bits per heavy atom. The molecular weight excluding hydrogens is 244 g/mol. The lowest BCUT2D eigenvalue weighted by Crippen LogP contribution is -2.52. The van der Waals surface area contributed by atoms with E-state index in [1.807, 2.05) is 16.7 Å². The van der Waals surface area contributed by atoms with E-state index in [2.05, 4.69) is 20.8 Å². The van der Waals surface area contributed by atoms with Crippen LogP contribution in [0.1, 0.15) is 34.1 Å². The number of nitrogens with zero attached hydrogens (tertiary/aromatic N) is 2. The van der Waals surface area contributed by atoms with Crippen molar-refractivity contribution >= 4 is 11.8 Å². The summed E-state index contributed by atoms with van der Waals surface area (Å²) in [5.74, 6) is 0.269. The van der Waals surface area contributed by atoms with E-state index in [-0.39, 0.29) is 29.4 Å². The number of piperazine rings is 1. The number of hydrogen-bond acceptors (Lipinski definition) is 3. The van der Waals surface area contributed by atoms with Crippen LogP contribution in [0.3, 0.4) is 0 Å². The Balaban J connectivity index is 1.79. The molecular formula is C14H24N2O3. The molecule has 0 N–H and O–H groups in total. The highest BCUT2D eigenvalue weighted by Crippen LogP contribution is 2.24. The first-order valence-corrected chi connectivity index (χ1v) is 7.00. The Morgan fingerprint density at radius 2 is 1.58 bits per heavy atom. The third-order valence-corrected chi connectivity index (χ3v) is 3.58. The fourth-order valence-corrected chi connectivity index (χ4v) is 2.37. The van der Waals surface area contributed by atoms with Gasteiger partial charge in [-0.15, -0.1) is 0 Å². The molecule has 2 saturated heterocycles. The summed E-state index contributed by atoms with van der Waals surface area (Å²) in [7, 11) is 0. The first kappa shape index (κ1) is 14.3. The number of epoxide rings is 1. The molecule has 0 spiro atoms. The van der Waals surface area contributed by atoms with Crippen LogP contribution in [-0.2, 0) is 14.3 Å². The third-order valence-electron chi connectivity index (χ3n) is 3.58. The Hall–Kier alpha value is -1.10. The molecule has 108 valence electrons. The molecule has 2 rings (SSSR count). The molecule has 0 aliphatic carbocycles. The first-order valence-electron chi connectivity index (χ1n) is 7.00. The van der Waals surface area contributed by atoms with Gasteiger partial charge in [0, 0.05) is 32.6 Å². The highest BCUT2D eigenvalue weighted by molar-refractivity contribution is 5.84. The van der Waals surface area contributed by atoms with Gasteiger partial charge in [-0.05, 0) is 12.3 Å². The second-order valence-electron chi connectivity index (χ2n) is 6.71. The van der Waals surface area contributed by atoms with Gasteiger partial charge in [-0.1, -0.05) is 20.8 Å². The Labute approximate surface area is 114 Å². The number of hydrogen-bond donors (Lipinski definition) is 0. The molecule has 0 aromatic carbocycles. The van der Waals surface area contributed by atoms with E-state index in [9.17, 15) is 9.59 Å². The molecule has 2 fully saturated rings. The molecule has 2 amide bonds. The molecule has 2 heterocycles. The van der Waals surface area contributed by atoms with Gasteiger partial charge in [-0.3, -0.25) is 9.59 Å². The molecule has 0 aromatic rings. The number of carbonyl (C=O) groups excluding carboxylic acids is 2. The minimum absolute atomic E-state index is 0.0152. The minimum atomic E-state index is -0.239. The van der Waals surface area contributed by atoms with Gasteiger partial charge in [-0.25, -0.2) is 0 Å². The molecule has 0 unspecified atom stereocenters. The van der Waals surface area contributed by atoms with Crippen molar-refractivity contribution in [3.63, 3.8) is 0 Å². The summed E-state index contributed by atoms with van der Waals surface area (Å²) >= 11 is 0. The van der Waals surface area contributed by atoms with Gasteiger partial charge in [0.25, 0.3) is 5.91 Å². The first-order chi connectivity index (χ1) is 8.78. The van der Waals surface area contributed by atoms with Gasteiger partial charge in [0.1, 0.15) is 0 Å². The fourth-order valence-electron chi connectivity index (χ4n) is 2.37. The lowest BCUT2D eigenvalue weighted by atomic mass is 9.91. The van der Waals surface area contributed by atoms with Crippen LogP contribution in [0.15, 0.2) is 0 Å². The van der Waals surface area contributed by atoms with Crippen LogP contribution in [0, 0.1) is 5.41 Å². The van der Waals surface area contributed by atoms with E-state index < -0.39 is 0 Å². The van der Waals surface area contributed by atoms with Gasteiger partial charge in [0.05, 0.1) is 6.10 Å². The smallest absolute Gasteiger partial charge is 0.254 e. The van der Waals surface area contributed by atoms with Gasteiger partial charge in [0.2, 0.25) is 5.91 Å². The number of rotatable bonds is 2. The number of ether oxygens (including phenoxy) is 1. The predicted octanol–water partition coefficient (Wildman–Crippen LogP) is 0.881. The van der Waals surface area contributed by atoms with Crippen molar-refractivity contribution in [1.82, 2.24) is 9.80 Å². The Bertz CT molecular complexity index is 367. The monoisotopic (exact) mass is 268 g/mol. The molecule has 0 saturated carbocycles. The lowest BCUT2D eigenvalue weighted by Gasteiger charge is -2.35. The summed E-state index contributed by atoms with van der Waals surface area (Å²) in [4.78, 5) is 27.7. The van der Waals surface area contributed by atoms with Gasteiger partial charge in [-0.2, -0.15) is 0 Å². The normalized spacial score (nSPS) is 27.4. The van der Waals surface area contributed by atoms with Crippen molar-refractivity contribution < 1.29 is 14.3 Å². The summed E-state index contributed by atoms with van der Waals surface area (Å²) < 4.78 is 5.20. The van der Waals surface area contributed by atoms with E-state index >= 15 is 0 Å². The van der Waals surface area contributed by atoms with E-state index in [1.54, 1.807) is 0 Å². The standard InChI is InChI=1S/C14H24N2O3/c1-10-12(19-10)13(18)16-7-5-15(6-8-16)11(17)9-14(2,3)4/h10,12H,5-9H2,1-4H3/t10-,12+/m0/s1. The maximum atomic E-state index is 12.1. The topological polar surface area (TPSA) is 53.2 Å². The molecule has 5 heteroatoms. The Kier molecular flexibility index (Phi) is 3.85. The molecule has 2 atom stereocenters. The maximum absolute atomic E-state index is 12.1. The SMILES string of the molecule is C[C@@H]1O[C@H]1C(=O)N1CCN(C(=O)CC(C)(C)C)CC1. The van der Waals surface area contributed by atoms with Crippen LogP contribution < -0.4 is 0 Å². The second-order valence-corrected chi connectivity index (χ2v) is 6.71. The van der Waals surface area contributed by atoms with Gasteiger partial charge < -0.3 is 14.5 Å². The summed E-state index contributed by atoms with van der Waals surface area (Å²) in [6.07, 6.45) is 0.383. The molecule has 2 aliphatic heterocycles. The predicted molar refractivity (Wildman–Crippen MR) is 71.6 cm³/mol. The molecule has 19 heavy (non-hydrogen) atoms. The molecule has 0 radical (unpaired) electrons. The summed E-state index contributed by atoms with van der Waals surface area (Å²) in [5, 5.41) is 0. The fraction of sp³-hybridized carbons (Fsp3) is 0.857. The van der Waals surface area contributed by atoms with Crippen molar-refractivity contribution in [2.75, 3.05) is 26.2 Å². The van der Waals surface area contributed by atoms with E-state index in [0.717, 1.165) is 0 Å². The average molecular weight is 268 g/mol. The molecule has 0 aromatic heterocycles. The summed E-state index contributed by atoms with van der Waals surface area (Å²) in [5.41, 5.74) is 0.0152. The van der Waals surface area contributed by atoms with Crippen molar-refractivity contribution in [1.29, 1.82) is 0 Å². The van der Waals surface area contributed by atoms with Crippen LogP contribution in [0.4, 0.5) is 0 Å². The highest BCUT2D eigenvalue weighted by Gasteiger charge is 2.44. The average Bonchev–Trinajstić information content (AvgIpc) is 3.03. The second kappa shape index (κ2) is 5.12. The molecule has 5 nitrogen and oxygen atoms in total. The largest absolute Gasteiger partial charge is 0.359 e. The summed E-state index contributed by atoms with van der Waals surface area (Å²) in [6.45, 7) is 10.6. The van der Waals surface area contributed by atoms with E-state index in [0.29, 0.717) is 32.6 Å². The lowest BCUT2D eigenvalue weighted by molar-refractivity contribution is -0.141. The van der Waals surface area contributed by atoms with Crippen molar-refractivity contribution in [2.24, 2.45) is 5.41 Å². The Morgan fingerprint density at radius 3 is 2.00 bits per heavy atom. The zero-order valence-corrected chi connectivity index (χ0v) is 12.3. The number of amides is 2. The van der Waals surface area contributed by atoms with Gasteiger partial charge >= 0.3 is 0 Å². The molecule has 2 aliphatic rings. The maximum Gasteiger partial charge on any atom is 0.254 e. The van der Waals surface area contributed by atoms with Crippen LogP contribution in [0.5, 0.6) is 0 Å². The van der Waals surface area contributed by atoms with E-state index in [4.69, 9.17) is 4.74 Å². The van der Waals surface area contributed by atoms with Crippen molar-refractivity contribution in [2.45, 2.75) is 46.3 Å². The minimum Gasteiger partial charge on any atom is -0.359 e. The quantitative estimate of drug-likeness (QED) is 0.699. The van der Waals surface area contributed by atoms with Crippen LogP contribution in [0.2, 0.25) is 0 Å². The van der Waals surface area contributed by atoms with Crippen molar-refractivity contribution in [3.8, 4) is 0 Å². The van der Waals surface area contributed by atoms with Crippen molar-refractivity contribution in [3.05, 3.63) is 0 Å². The zero-order valence-electron chi connectivity index (χ0n) is 12.3. The zero-order chi connectivity index (χ0) is 14.2. The van der Waals surface area contributed by atoms with Gasteiger partial charge in [0.15, 0.2) is 6.10 Å². The van der Waals surface area contributed by atoms with Crippen LogP contribution in [-0.4, -0.2) is 60.0 Å². The number of carbonyl (C=O) groups is 2. The third kappa shape index (κ3) is 3.69.